The topological polar surface area (TPSA) is 104 Å². The van der Waals surface area contributed by atoms with Crippen LogP contribution in [0.2, 0.25) is 0 Å². The number of aliphatic imine (C=N–C) groups is 1. The number of halogens is 1. The molecule has 0 radical (unpaired) electrons. The van der Waals surface area contributed by atoms with Gasteiger partial charge in [-0.2, -0.15) is 0 Å². The maximum Gasteiger partial charge on any atom is 0.408 e. The number of ether oxygens (including phenoxy) is 1. The van der Waals surface area contributed by atoms with Crippen molar-refractivity contribution in [2.24, 2.45) is 4.99 Å². The summed E-state index contributed by atoms with van der Waals surface area (Å²) >= 11 is 0. The van der Waals surface area contributed by atoms with Crippen LogP contribution in [0.15, 0.2) is 29.3 Å². The molecule has 0 aromatic heterocycles. The van der Waals surface area contributed by atoms with Gasteiger partial charge in [0, 0.05) is 32.2 Å². The van der Waals surface area contributed by atoms with Crippen LogP contribution in [0.5, 0.6) is 0 Å². The second kappa shape index (κ2) is 13.4. The molecule has 0 aliphatic carbocycles. The van der Waals surface area contributed by atoms with Gasteiger partial charge in [0.1, 0.15) is 5.60 Å². The van der Waals surface area contributed by atoms with Crippen LogP contribution in [0.25, 0.3) is 0 Å². The smallest absolute Gasteiger partial charge is 0.408 e. The summed E-state index contributed by atoms with van der Waals surface area (Å²) in [4.78, 5) is 28.4. The molecular formula is C22H38IN5O3. The molecule has 0 aliphatic heterocycles. The Balaban J connectivity index is 0.00000900. The molecule has 0 saturated heterocycles. The van der Waals surface area contributed by atoms with Gasteiger partial charge in [0.15, 0.2) is 5.96 Å². The largest absolute Gasteiger partial charge is 0.444 e. The number of nitrogens with zero attached hydrogens (tertiary/aromatic N) is 1. The van der Waals surface area contributed by atoms with Crippen LogP contribution in [-0.4, -0.2) is 49.2 Å². The number of rotatable bonds is 8. The van der Waals surface area contributed by atoms with Crippen LogP contribution >= 0.6 is 24.0 Å². The van der Waals surface area contributed by atoms with Gasteiger partial charge in [0.2, 0.25) is 0 Å². The monoisotopic (exact) mass is 547 g/mol. The maximum atomic E-state index is 12.1. The predicted molar refractivity (Wildman–Crippen MR) is 136 cm³/mol. The molecule has 1 rings (SSSR count). The molecule has 0 fully saturated rings. The van der Waals surface area contributed by atoms with E-state index in [2.05, 4.69) is 26.3 Å². The standard InChI is InChI=1S/C22H37N5O3.HI/c1-8-12-24-18(28)17-11-9-10-16(13-17)14-25-19(23-7)26-15-22(5,6)27-20(29)30-21(2,3)4;/h9-11,13H,8,12,14-15H2,1-7H3,(H,24,28)(H,27,29)(H2,23,25,26);1H. The summed E-state index contributed by atoms with van der Waals surface area (Å²) in [5, 5.41) is 12.2. The number of hydrogen-bond acceptors (Lipinski definition) is 4. The van der Waals surface area contributed by atoms with Gasteiger partial charge in [-0.25, -0.2) is 4.79 Å². The molecule has 31 heavy (non-hydrogen) atoms. The van der Waals surface area contributed by atoms with E-state index in [1.807, 2.05) is 59.7 Å². The van der Waals surface area contributed by atoms with Crippen molar-refractivity contribution in [2.75, 3.05) is 20.1 Å². The molecular weight excluding hydrogens is 509 g/mol. The van der Waals surface area contributed by atoms with Crippen molar-refractivity contribution in [3.05, 3.63) is 35.4 Å². The van der Waals surface area contributed by atoms with E-state index in [0.29, 0.717) is 31.2 Å². The number of nitrogens with one attached hydrogen (secondary N) is 4. The predicted octanol–water partition coefficient (Wildman–Crippen LogP) is 3.41. The lowest BCUT2D eigenvalue weighted by Crippen LogP contribution is -2.54. The van der Waals surface area contributed by atoms with Crippen LogP contribution in [-0.2, 0) is 11.3 Å². The third-order valence-corrected chi connectivity index (χ3v) is 3.95. The first-order chi connectivity index (χ1) is 14.0. The van der Waals surface area contributed by atoms with Gasteiger partial charge in [-0.3, -0.25) is 9.79 Å². The molecule has 1 aromatic rings. The quantitative estimate of drug-likeness (QED) is 0.227. The lowest BCUT2D eigenvalue weighted by atomic mass is 10.1. The summed E-state index contributed by atoms with van der Waals surface area (Å²) in [6.45, 7) is 12.9. The molecule has 4 N–H and O–H groups in total. The highest BCUT2D eigenvalue weighted by atomic mass is 127. The molecule has 0 atom stereocenters. The van der Waals surface area contributed by atoms with Crippen molar-refractivity contribution < 1.29 is 14.3 Å². The molecule has 9 heteroatoms. The third-order valence-electron chi connectivity index (χ3n) is 3.95. The van der Waals surface area contributed by atoms with Crippen molar-refractivity contribution in [1.82, 2.24) is 21.3 Å². The van der Waals surface area contributed by atoms with E-state index in [9.17, 15) is 9.59 Å². The lowest BCUT2D eigenvalue weighted by Gasteiger charge is -2.29. The number of benzene rings is 1. The average Bonchev–Trinajstić information content (AvgIpc) is 2.64. The average molecular weight is 547 g/mol. The first-order valence-electron chi connectivity index (χ1n) is 10.3. The molecule has 0 heterocycles. The van der Waals surface area contributed by atoms with E-state index >= 15 is 0 Å². The number of carbonyl (C=O) groups excluding carboxylic acids is 2. The van der Waals surface area contributed by atoms with E-state index in [4.69, 9.17) is 4.74 Å². The fourth-order valence-corrected chi connectivity index (χ4v) is 2.50. The van der Waals surface area contributed by atoms with Crippen LogP contribution in [0.3, 0.4) is 0 Å². The molecule has 0 saturated carbocycles. The number of alkyl carbamates (subject to hydrolysis) is 1. The van der Waals surface area contributed by atoms with Crippen LogP contribution < -0.4 is 21.3 Å². The summed E-state index contributed by atoms with van der Waals surface area (Å²) in [6.07, 6.45) is 0.434. The summed E-state index contributed by atoms with van der Waals surface area (Å²) < 4.78 is 5.31. The van der Waals surface area contributed by atoms with Gasteiger partial charge >= 0.3 is 6.09 Å². The van der Waals surface area contributed by atoms with Crippen LogP contribution in [0, 0.1) is 0 Å². The Labute approximate surface area is 203 Å². The third kappa shape index (κ3) is 12.4. The zero-order valence-electron chi connectivity index (χ0n) is 19.7. The van der Waals surface area contributed by atoms with E-state index in [1.54, 1.807) is 13.1 Å². The van der Waals surface area contributed by atoms with Gasteiger partial charge < -0.3 is 26.0 Å². The van der Waals surface area contributed by atoms with Crippen molar-refractivity contribution >= 4 is 41.9 Å². The summed E-state index contributed by atoms with van der Waals surface area (Å²) in [5.74, 6) is 0.520. The zero-order valence-corrected chi connectivity index (χ0v) is 22.0. The van der Waals surface area contributed by atoms with Crippen molar-refractivity contribution in [2.45, 2.75) is 65.6 Å². The molecule has 0 aliphatic rings. The van der Waals surface area contributed by atoms with Crippen LogP contribution in [0.1, 0.15) is 63.9 Å². The second-order valence-corrected chi connectivity index (χ2v) is 8.75. The first kappa shape index (κ1) is 29.0. The molecule has 1 aromatic carbocycles. The van der Waals surface area contributed by atoms with Gasteiger partial charge in [-0.15, -0.1) is 24.0 Å². The Morgan fingerprint density at radius 3 is 2.32 bits per heavy atom. The second-order valence-electron chi connectivity index (χ2n) is 8.75. The normalized spacial score (nSPS) is 11.8. The summed E-state index contributed by atoms with van der Waals surface area (Å²) in [6, 6.07) is 7.47. The Morgan fingerprint density at radius 2 is 1.74 bits per heavy atom. The van der Waals surface area contributed by atoms with Crippen molar-refractivity contribution in [3.63, 3.8) is 0 Å². The molecule has 0 bridgehead atoms. The Hall–Kier alpha value is -2.04. The van der Waals surface area contributed by atoms with E-state index in [-0.39, 0.29) is 29.9 Å². The fourth-order valence-electron chi connectivity index (χ4n) is 2.50. The number of carbonyl (C=O) groups is 2. The van der Waals surface area contributed by atoms with Gasteiger partial charge in [0.05, 0.1) is 5.54 Å². The molecule has 0 unspecified atom stereocenters. The molecule has 2 amide bonds. The minimum Gasteiger partial charge on any atom is -0.444 e. The highest BCUT2D eigenvalue weighted by Crippen LogP contribution is 2.09. The summed E-state index contributed by atoms with van der Waals surface area (Å²) in [7, 11) is 1.68. The number of amides is 2. The Kier molecular flexibility index (Phi) is 12.5. The first-order valence-corrected chi connectivity index (χ1v) is 10.3. The summed E-state index contributed by atoms with van der Waals surface area (Å²) in [5.41, 5.74) is 0.506. The van der Waals surface area contributed by atoms with Crippen molar-refractivity contribution in [3.8, 4) is 0 Å². The van der Waals surface area contributed by atoms with Crippen LogP contribution in [0.4, 0.5) is 4.79 Å². The van der Waals surface area contributed by atoms with Gasteiger partial charge in [-0.1, -0.05) is 19.1 Å². The molecule has 8 nitrogen and oxygen atoms in total. The van der Waals surface area contributed by atoms with Gasteiger partial charge in [-0.05, 0) is 58.7 Å². The number of hydrogen-bond donors (Lipinski definition) is 4. The molecule has 0 spiro atoms. The zero-order chi connectivity index (χ0) is 22.8. The minimum absolute atomic E-state index is 0. The Morgan fingerprint density at radius 1 is 1.06 bits per heavy atom. The van der Waals surface area contributed by atoms with Gasteiger partial charge in [0.25, 0.3) is 5.91 Å². The number of guanidine groups is 1. The van der Waals surface area contributed by atoms with E-state index < -0.39 is 17.2 Å². The van der Waals surface area contributed by atoms with Crippen molar-refractivity contribution in [1.29, 1.82) is 0 Å². The van der Waals surface area contributed by atoms with E-state index in [0.717, 1.165) is 12.0 Å². The highest BCUT2D eigenvalue weighted by Gasteiger charge is 2.24. The maximum absolute atomic E-state index is 12.1. The minimum atomic E-state index is -0.548. The fraction of sp³-hybridized carbons (Fsp3) is 0.591. The SMILES string of the molecule is CCCNC(=O)c1cccc(CNC(=NC)NCC(C)(C)NC(=O)OC(C)(C)C)c1.I. The Bertz CT molecular complexity index is 745. The molecule has 176 valence electrons. The lowest BCUT2D eigenvalue weighted by molar-refractivity contribution is 0.0473. The van der Waals surface area contributed by atoms with E-state index in [1.165, 1.54) is 0 Å². The highest BCUT2D eigenvalue weighted by molar-refractivity contribution is 14.0.